The van der Waals surface area contributed by atoms with Crippen LogP contribution in [0.3, 0.4) is 0 Å². The van der Waals surface area contributed by atoms with Crippen LogP contribution in [0.15, 0.2) is 0 Å². The number of hydrogen-bond acceptors (Lipinski definition) is 2. The fourth-order valence-electron chi connectivity index (χ4n) is 3.39. The normalized spacial score (nSPS) is 25.1. The van der Waals surface area contributed by atoms with Crippen molar-refractivity contribution in [1.29, 1.82) is 0 Å². The first kappa shape index (κ1) is 15.1. The molecule has 2 amide bonds. The van der Waals surface area contributed by atoms with Crippen molar-refractivity contribution >= 4 is 12.0 Å². The Morgan fingerprint density at radius 1 is 1.35 bits per heavy atom. The molecular weight excluding hydrogens is 256 g/mol. The molecule has 114 valence electrons. The molecule has 5 heteroatoms. The van der Waals surface area contributed by atoms with E-state index in [0.29, 0.717) is 24.7 Å². The number of rotatable bonds is 4. The fraction of sp³-hybridized carbons (Fsp3) is 0.867. The molecule has 1 saturated carbocycles. The van der Waals surface area contributed by atoms with Gasteiger partial charge in [0.15, 0.2) is 0 Å². The predicted octanol–water partition coefficient (Wildman–Crippen LogP) is 2.32. The van der Waals surface area contributed by atoms with Gasteiger partial charge in [-0.2, -0.15) is 0 Å². The molecule has 0 aromatic heterocycles. The minimum atomic E-state index is -0.767. The highest BCUT2D eigenvalue weighted by atomic mass is 16.4. The quantitative estimate of drug-likeness (QED) is 0.831. The van der Waals surface area contributed by atoms with Gasteiger partial charge in [-0.25, -0.2) is 4.79 Å². The van der Waals surface area contributed by atoms with Crippen LogP contribution >= 0.6 is 0 Å². The van der Waals surface area contributed by atoms with Crippen LogP contribution in [0.2, 0.25) is 0 Å². The van der Waals surface area contributed by atoms with Crippen molar-refractivity contribution in [2.24, 2.45) is 17.3 Å². The van der Waals surface area contributed by atoms with Gasteiger partial charge in [0.25, 0.3) is 0 Å². The Labute approximate surface area is 120 Å². The van der Waals surface area contributed by atoms with Crippen molar-refractivity contribution < 1.29 is 14.7 Å². The van der Waals surface area contributed by atoms with Crippen LogP contribution in [-0.4, -0.2) is 41.6 Å². The lowest BCUT2D eigenvalue weighted by Crippen LogP contribution is -2.46. The Morgan fingerprint density at radius 2 is 2.00 bits per heavy atom. The number of nitrogens with one attached hydrogen (secondary N) is 1. The summed E-state index contributed by atoms with van der Waals surface area (Å²) < 4.78 is 0. The maximum atomic E-state index is 12.2. The van der Waals surface area contributed by atoms with Gasteiger partial charge in [-0.05, 0) is 31.1 Å². The summed E-state index contributed by atoms with van der Waals surface area (Å²) in [5, 5.41) is 12.2. The Hall–Kier alpha value is -1.26. The van der Waals surface area contributed by atoms with E-state index in [0.717, 1.165) is 32.4 Å². The van der Waals surface area contributed by atoms with Gasteiger partial charge in [0.2, 0.25) is 0 Å². The second-order valence-electron chi connectivity index (χ2n) is 6.69. The van der Waals surface area contributed by atoms with Gasteiger partial charge in [0.05, 0.1) is 5.41 Å². The van der Waals surface area contributed by atoms with Gasteiger partial charge in [-0.15, -0.1) is 0 Å². The van der Waals surface area contributed by atoms with E-state index in [9.17, 15) is 14.7 Å². The molecule has 20 heavy (non-hydrogen) atoms. The van der Waals surface area contributed by atoms with E-state index in [-0.39, 0.29) is 12.6 Å². The van der Waals surface area contributed by atoms with Gasteiger partial charge in [0, 0.05) is 19.6 Å². The standard InChI is InChI=1S/C15H26N2O3/c1-11(2)12-5-8-17(9-12)14(20)16-10-15(13(18)19)6-3-4-7-15/h11-12H,3-10H2,1-2H3,(H,16,20)(H,18,19). The van der Waals surface area contributed by atoms with E-state index in [1.165, 1.54) is 0 Å². The number of carbonyl (C=O) groups is 2. The van der Waals surface area contributed by atoms with E-state index in [2.05, 4.69) is 19.2 Å². The molecule has 1 aliphatic heterocycles. The maximum absolute atomic E-state index is 12.2. The van der Waals surface area contributed by atoms with Crippen molar-refractivity contribution in [3.8, 4) is 0 Å². The summed E-state index contributed by atoms with van der Waals surface area (Å²) in [6.07, 6.45) is 4.30. The van der Waals surface area contributed by atoms with Crippen molar-refractivity contribution in [2.75, 3.05) is 19.6 Å². The Morgan fingerprint density at radius 3 is 2.50 bits per heavy atom. The summed E-state index contributed by atoms with van der Waals surface area (Å²) in [6.45, 7) is 6.22. The molecule has 0 radical (unpaired) electrons. The lowest BCUT2D eigenvalue weighted by Gasteiger charge is -2.26. The molecule has 0 spiro atoms. The van der Waals surface area contributed by atoms with Crippen molar-refractivity contribution in [1.82, 2.24) is 10.2 Å². The first-order valence-electron chi connectivity index (χ1n) is 7.71. The average Bonchev–Trinajstić information content (AvgIpc) is 3.06. The zero-order valence-corrected chi connectivity index (χ0v) is 12.5. The Balaban J connectivity index is 1.85. The molecular formula is C15H26N2O3. The Kier molecular flexibility index (Phi) is 4.55. The van der Waals surface area contributed by atoms with Crippen LogP contribution in [0.5, 0.6) is 0 Å². The van der Waals surface area contributed by atoms with Gasteiger partial charge >= 0.3 is 12.0 Å². The van der Waals surface area contributed by atoms with Crippen LogP contribution in [0, 0.1) is 17.3 Å². The van der Waals surface area contributed by atoms with Crippen LogP contribution < -0.4 is 5.32 Å². The van der Waals surface area contributed by atoms with Crippen LogP contribution in [0.4, 0.5) is 4.79 Å². The Bertz CT molecular complexity index is 375. The second kappa shape index (κ2) is 6.02. The SMILES string of the molecule is CC(C)C1CCN(C(=O)NCC2(C(=O)O)CCCC2)C1. The molecule has 2 aliphatic rings. The summed E-state index contributed by atoms with van der Waals surface area (Å²) in [4.78, 5) is 25.4. The fourth-order valence-corrected chi connectivity index (χ4v) is 3.39. The molecule has 2 fully saturated rings. The minimum Gasteiger partial charge on any atom is -0.481 e. The highest BCUT2D eigenvalue weighted by molar-refractivity contribution is 5.78. The largest absolute Gasteiger partial charge is 0.481 e. The topological polar surface area (TPSA) is 69.6 Å². The van der Waals surface area contributed by atoms with Crippen LogP contribution in [0.1, 0.15) is 46.0 Å². The molecule has 1 saturated heterocycles. The summed E-state index contributed by atoms with van der Waals surface area (Å²) in [5.41, 5.74) is -0.729. The monoisotopic (exact) mass is 282 g/mol. The molecule has 2 rings (SSSR count). The van der Waals surface area contributed by atoms with E-state index in [1.807, 2.05) is 4.90 Å². The molecule has 1 atom stereocenters. The lowest BCUT2D eigenvalue weighted by molar-refractivity contribution is -0.148. The third-order valence-corrected chi connectivity index (χ3v) is 5.05. The first-order chi connectivity index (χ1) is 9.44. The number of nitrogens with zero attached hydrogens (tertiary/aromatic N) is 1. The van der Waals surface area contributed by atoms with E-state index in [1.54, 1.807) is 0 Å². The number of carbonyl (C=O) groups excluding carboxylic acids is 1. The molecule has 0 bridgehead atoms. The van der Waals surface area contributed by atoms with Gasteiger partial charge in [-0.1, -0.05) is 26.7 Å². The number of aliphatic carboxylic acids is 1. The lowest BCUT2D eigenvalue weighted by atomic mass is 9.86. The molecule has 2 N–H and O–H groups in total. The number of carboxylic acid groups (broad SMARTS) is 1. The minimum absolute atomic E-state index is 0.0966. The number of urea groups is 1. The molecule has 0 aromatic rings. The highest BCUT2D eigenvalue weighted by Crippen LogP contribution is 2.37. The first-order valence-corrected chi connectivity index (χ1v) is 7.71. The van der Waals surface area contributed by atoms with Crippen molar-refractivity contribution in [3.05, 3.63) is 0 Å². The average molecular weight is 282 g/mol. The highest BCUT2D eigenvalue weighted by Gasteiger charge is 2.42. The smallest absolute Gasteiger partial charge is 0.317 e. The number of likely N-dealkylation sites (tertiary alicyclic amines) is 1. The predicted molar refractivity (Wildman–Crippen MR) is 76.5 cm³/mol. The maximum Gasteiger partial charge on any atom is 0.317 e. The summed E-state index contributed by atoms with van der Waals surface area (Å²) in [5.74, 6) is 0.394. The molecule has 1 heterocycles. The van der Waals surface area contributed by atoms with E-state index >= 15 is 0 Å². The zero-order chi connectivity index (χ0) is 14.8. The number of amides is 2. The number of hydrogen-bond donors (Lipinski definition) is 2. The second-order valence-corrected chi connectivity index (χ2v) is 6.69. The summed E-state index contributed by atoms with van der Waals surface area (Å²) in [6, 6.07) is -0.0966. The third kappa shape index (κ3) is 3.07. The number of carboxylic acids is 1. The third-order valence-electron chi connectivity index (χ3n) is 5.05. The van der Waals surface area contributed by atoms with Crippen LogP contribution in [-0.2, 0) is 4.79 Å². The molecule has 1 unspecified atom stereocenters. The van der Waals surface area contributed by atoms with Gasteiger partial charge < -0.3 is 15.3 Å². The van der Waals surface area contributed by atoms with Crippen molar-refractivity contribution in [2.45, 2.75) is 46.0 Å². The molecule has 5 nitrogen and oxygen atoms in total. The van der Waals surface area contributed by atoms with Gasteiger partial charge in [0.1, 0.15) is 0 Å². The van der Waals surface area contributed by atoms with E-state index in [4.69, 9.17) is 0 Å². The van der Waals surface area contributed by atoms with Crippen LogP contribution in [0.25, 0.3) is 0 Å². The summed E-state index contributed by atoms with van der Waals surface area (Å²) >= 11 is 0. The molecule has 0 aromatic carbocycles. The summed E-state index contributed by atoms with van der Waals surface area (Å²) in [7, 11) is 0. The van der Waals surface area contributed by atoms with E-state index < -0.39 is 11.4 Å². The zero-order valence-electron chi connectivity index (χ0n) is 12.5. The molecule has 1 aliphatic carbocycles. The van der Waals surface area contributed by atoms with Crippen molar-refractivity contribution in [3.63, 3.8) is 0 Å². The van der Waals surface area contributed by atoms with Gasteiger partial charge in [-0.3, -0.25) is 4.79 Å².